The Kier molecular flexibility index (Phi) is 3.20. The van der Waals surface area contributed by atoms with E-state index in [4.69, 9.17) is 0 Å². The van der Waals surface area contributed by atoms with E-state index in [9.17, 15) is 0 Å². The summed E-state index contributed by atoms with van der Waals surface area (Å²) in [6.45, 7) is 2.09. The molecule has 0 saturated heterocycles. The molecule has 0 atom stereocenters. The number of hydrogen-bond acceptors (Lipinski definition) is 2. The zero-order valence-corrected chi connectivity index (χ0v) is 12.0. The van der Waals surface area contributed by atoms with E-state index in [1.807, 2.05) is 6.07 Å². The number of rotatable bonds is 2. The van der Waals surface area contributed by atoms with Crippen LogP contribution in [0, 0.1) is 6.92 Å². The maximum Gasteiger partial charge on any atom is 0.181 e. The molecule has 0 amide bonds. The van der Waals surface area contributed by atoms with Crippen molar-refractivity contribution in [2.45, 2.75) is 38.5 Å². The lowest BCUT2D eigenvalue weighted by molar-refractivity contribution is 0.672. The summed E-state index contributed by atoms with van der Waals surface area (Å²) in [6.07, 6.45) is 5.12. The van der Waals surface area contributed by atoms with Crippen molar-refractivity contribution >= 4 is 15.9 Å². The average molecular weight is 306 g/mol. The highest BCUT2D eigenvalue weighted by molar-refractivity contribution is 9.10. The maximum atomic E-state index is 4.67. The lowest BCUT2D eigenvalue weighted by Gasteiger charge is -2.03. The number of nitrogens with zero attached hydrogens (tertiary/aromatic N) is 2. The number of benzene rings is 1. The van der Waals surface area contributed by atoms with E-state index in [0.717, 1.165) is 21.7 Å². The summed E-state index contributed by atoms with van der Waals surface area (Å²) in [6, 6.07) is 6.20. The summed E-state index contributed by atoms with van der Waals surface area (Å²) in [4.78, 5) is 4.67. The first-order valence-corrected chi connectivity index (χ1v) is 7.22. The van der Waals surface area contributed by atoms with Crippen LogP contribution in [0.1, 0.15) is 43.0 Å². The van der Waals surface area contributed by atoms with E-state index in [-0.39, 0.29) is 0 Å². The number of hydrogen-bond donors (Lipinski definition) is 1. The smallest absolute Gasteiger partial charge is 0.181 e. The van der Waals surface area contributed by atoms with Gasteiger partial charge in [0.05, 0.1) is 0 Å². The standard InChI is InChI=1S/C14H16BrN3/c1-9-8-11(15)6-7-12(9)14-16-13(17-18-14)10-4-2-3-5-10/h6-8,10H,2-5H2,1H3,(H,16,17,18). The minimum atomic E-state index is 0.585. The van der Waals surface area contributed by atoms with Gasteiger partial charge in [-0.1, -0.05) is 28.8 Å². The van der Waals surface area contributed by atoms with E-state index >= 15 is 0 Å². The monoisotopic (exact) mass is 305 g/mol. The molecule has 0 bridgehead atoms. The molecular weight excluding hydrogens is 290 g/mol. The Morgan fingerprint density at radius 1 is 1.28 bits per heavy atom. The number of H-pyrrole nitrogens is 1. The SMILES string of the molecule is Cc1cc(Br)ccc1-c1n[nH]c(C2CCCC2)n1. The van der Waals surface area contributed by atoms with Crippen LogP contribution in [0.25, 0.3) is 11.4 Å². The highest BCUT2D eigenvalue weighted by Crippen LogP contribution is 2.33. The van der Waals surface area contributed by atoms with Crippen LogP contribution in [-0.4, -0.2) is 15.2 Å². The first-order chi connectivity index (χ1) is 8.74. The van der Waals surface area contributed by atoms with E-state index in [0.29, 0.717) is 5.92 Å². The highest BCUT2D eigenvalue weighted by Gasteiger charge is 2.21. The van der Waals surface area contributed by atoms with Gasteiger partial charge in [-0.25, -0.2) is 4.98 Å². The van der Waals surface area contributed by atoms with Crippen LogP contribution < -0.4 is 0 Å². The fraction of sp³-hybridized carbons (Fsp3) is 0.429. The quantitative estimate of drug-likeness (QED) is 0.903. The van der Waals surface area contributed by atoms with Gasteiger partial charge in [0, 0.05) is 16.0 Å². The summed E-state index contributed by atoms with van der Waals surface area (Å²) < 4.78 is 1.09. The Morgan fingerprint density at radius 2 is 2.06 bits per heavy atom. The molecular formula is C14H16BrN3. The van der Waals surface area contributed by atoms with Crippen LogP contribution in [-0.2, 0) is 0 Å². The number of aryl methyl sites for hydroxylation is 1. The molecule has 3 nitrogen and oxygen atoms in total. The Bertz CT molecular complexity index is 556. The fourth-order valence-electron chi connectivity index (χ4n) is 2.65. The lowest BCUT2D eigenvalue weighted by atomic mass is 10.1. The van der Waals surface area contributed by atoms with Crippen LogP contribution >= 0.6 is 15.9 Å². The fourth-order valence-corrected chi connectivity index (χ4v) is 3.13. The van der Waals surface area contributed by atoms with Gasteiger partial charge in [-0.2, -0.15) is 5.10 Å². The first-order valence-electron chi connectivity index (χ1n) is 6.43. The molecule has 0 unspecified atom stereocenters. The zero-order chi connectivity index (χ0) is 12.5. The molecule has 94 valence electrons. The van der Waals surface area contributed by atoms with Gasteiger partial charge in [0.1, 0.15) is 5.82 Å². The van der Waals surface area contributed by atoms with Gasteiger partial charge in [-0.15, -0.1) is 0 Å². The molecule has 0 aliphatic heterocycles. The predicted octanol–water partition coefficient (Wildman–Crippen LogP) is 4.20. The van der Waals surface area contributed by atoms with Crippen molar-refractivity contribution in [3.63, 3.8) is 0 Å². The summed E-state index contributed by atoms with van der Waals surface area (Å²) in [7, 11) is 0. The second-order valence-electron chi connectivity index (χ2n) is 4.98. The Balaban J connectivity index is 1.92. The molecule has 1 N–H and O–H groups in total. The second kappa shape index (κ2) is 4.84. The molecule has 4 heteroatoms. The van der Waals surface area contributed by atoms with Crippen LogP contribution in [0.4, 0.5) is 0 Å². The molecule has 1 aliphatic rings. The van der Waals surface area contributed by atoms with E-state index in [1.54, 1.807) is 0 Å². The number of aromatic amines is 1. The van der Waals surface area contributed by atoms with Gasteiger partial charge in [-0.05, 0) is 43.5 Å². The largest absolute Gasteiger partial charge is 0.262 e. The highest BCUT2D eigenvalue weighted by atomic mass is 79.9. The first kappa shape index (κ1) is 11.9. The van der Waals surface area contributed by atoms with Crippen molar-refractivity contribution in [3.05, 3.63) is 34.1 Å². The third-order valence-corrected chi connectivity index (χ3v) is 4.17. The molecule has 18 heavy (non-hydrogen) atoms. The normalized spacial score (nSPS) is 16.3. The minimum absolute atomic E-state index is 0.585. The second-order valence-corrected chi connectivity index (χ2v) is 5.90. The predicted molar refractivity (Wildman–Crippen MR) is 75.5 cm³/mol. The molecule has 1 fully saturated rings. The Morgan fingerprint density at radius 3 is 2.78 bits per heavy atom. The molecule has 1 aromatic carbocycles. The number of halogens is 1. The number of nitrogens with one attached hydrogen (secondary N) is 1. The molecule has 1 aliphatic carbocycles. The van der Waals surface area contributed by atoms with Gasteiger partial charge in [0.2, 0.25) is 0 Å². The molecule has 0 spiro atoms. The van der Waals surface area contributed by atoms with Gasteiger partial charge in [-0.3, -0.25) is 5.10 Å². The van der Waals surface area contributed by atoms with Crippen molar-refractivity contribution in [1.82, 2.24) is 15.2 Å². The van der Waals surface area contributed by atoms with Crippen LogP contribution in [0.2, 0.25) is 0 Å². The third-order valence-electron chi connectivity index (χ3n) is 3.67. The summed E-state index contributed by atoms with van der Waals surface area (Å²) in [5.41, 5.74) is 2.31. The molecule has 0 radical (unpaired) electrons. The minimum Gasteiger partial charge on any atom is -0.262 e. The van der Waals surface area contributed by atoms with Gasteiger partial charge >= 0.3 is 0 Å². The molecule has 1 heterocycles. The third kappa shape index (κ3) is 2.21. The van der Waals surface area contributed by atoms with Crippen LogP contribution in [0.15, 0.2) is 22.7 Å². The Hall–Kier alpha value is -1.16. The van der Waals surface area contributed by atoms with E-state index in [2.05, 4.69) is 50.2 Å². The molecule has 3 rings (SSSR count). The zero-order valence-electron chi connectivity index (χ0n) is 10.4. The van der Waals surface area contributed by atoms with E-state index < -0.39 is 0 Å². The molecule has 2 aromatic rings. The van der Waals surface area contributed by atoms with Crippen LogP contribution in [0.5, 0.6) is 0 Å². The van der Waals surface area contributed by atoms with Gasteiger partial charge in [0.25, 0.3) is 0 Å². The van der Waals surface area contributed by atoms with Gasteiger partial charge < -0.3 is 0 Å². The molecule has 1 saturated carbocycles. The summed E-state index contributed by atoms with van der Waals surface area (Å²) in [5.74, 6) is 2.47. The van der Waals surface area contributed by atoms with E-state index in [1.165, 1.54) is 31.2 Å². The van der Waals surface area contributed by atoms with Crippen molar-refractivity contribution in [2.24, 2.45) is 0 Å². The summed E-state index contributed by atoms with van der Waals surface area (Å²) >= 11 is 3.48. The van der Waals surface area contributed by atoms with Crippen molar-refractivity contribution < 1.29 is 0 Å². The average Bonchev–Trinajstić information content (AvgIpc) is 2.99. The number of aromatic nitrogens is 3. The van der Waals surface area contributed by atoms with Crippen molar-refractivity contribution in [3.8, 4) is 11.4 Å². The maximum absolute atomic E-state index is 4.67. The van der Waals surface area contributed by atoms with Crippen LogP contribution in [0.3, 0.4) is 0 Å². The lowest BCUT2D eigenvalue weighted by Crippen LogP contribution is -1.94. The van der Waals surface area contributed by atoms with Gasteiger partial charge in [0.15, 0.2) is 5.82 Å². The van der Waals surface area contributed by atoms with Crippen molar-refractivity contribution in [2.75, 3.05) is 0 Å². The topological polar surface area (TPSA) is 41.6 Å². The molecule has 1 aromatic heterocycles. The van der Waals surface area contributed by atoms with Crippen molar-refractivity contribution in [1.29, 1.82) is 0 Å². The summed E-state index contributed by atoms with van der Waals surface area (Å²) in [5, 5.41) is 7.49. The Labute approximate surface area is 115 Å².